The molecule has 0 spiro atoms. The van der Waals surface area contributed by atoms with Crippen LogP contribution in [0.15, 0.2) is 24.3 Å². The molecule has 0 unspecified atom stereocenters. The minimum absolute atomic E-state index is 0.375. The van der Waals surface area contributed by atoms with Gasteiger partial charge in [-0.15, -0.1) is 11.6 Å². The number of aliphatic hydroxyl groups is 4. The molecule has 6 nitrogen and oxygen atoms in total. The van der Waals surface area contributed by atoms with E-state index in [1.807, 2.05) is 0 Å². The van der Waals surface area contributed by atoms with Crippen LogP contribution in [0.4, 0.5) is 0 Å². The van der Waals surface area contributed by atoms with Gasteiger partial charge in [0.15, 0.2) is 0 Å². The summed E-state index contributed by atoms with van der Waals surface area (Å²) in [6.45, 7) is -0.490. The Bertz CT molecular complexity index is 423. The minimum atomic E-state index is -1.45. The molecule has 5 atom stereocenters. The summed E-state index contributed by atoms with van der Waals surface area (Å²) in [6, 6.07) is 6.82. The van der Waals surface area contributed by atoms with Crippen LogP contribution in [0.25, 0.3) is 0 Å². The molecule has 1 fully saturated rings. The Labute approximate surface area is 121 Å². The zero-order valence-electron chi connectivity index (χ0n) is 10.6. The Morgan fingerprint density at radius 2 is 1.70 bits per heavy atom. The highest BCUT2D eigenvalue weighted by Crippen LogP contribution is 2.24. The average molecular weight is 305 g/mol. The zero-order chi connectivity index (χ0) is 14.7. The molecule has 0 radical (unpaired) electrons. The SMILES string of the molecule is OC[C@H]1O[C@@H](Oc2ccc(CCl)cc2)[C@H](O)[C@@H](O)[C@H]1O. The molecule has 0 saturated carbocycles. The van der Waals surface area contributed by atoms with Gasteiger partial charge in [-0.25, -0.2) is 0 Å². The van der Waals surface area contributed by atoms with Crippen molar-refractivity contribution < 1.29 is 29.9 Å². The van der Waals surface area contributed by atoms with E-state index >= 15 is 0 Å². The Morgan fingerprint density at radius 1 is 1.05 bits per heavy atom. The van der Waals surface area contributed by atoms with Gasteiger partial charge in [-0.3, -0.25) is 0 Å². The lowest BCUT2D eigenvalue weighted by molar-refractivity contribution is -0.277. The van der Waals surface area contributed by atoms with E-state index in [1.54, 1.807) is 24.3 Å². The van der Waals surface area contributed by atoms with Crippen molar-refractivity contribution >= 4 is 11.6 Å². The first-order valence-electron chi connectivity index (χ1n) is 6.19. The van der Waals surface area contributed by atoms with Crippen molar-refractivity contribution in [1.82, 2.24) is 0 Å². The maximum Gasteiger partial charge on any atom is 0.229 e. The number of ether oxygens (including phenoxy) is 2. The Hall–Kier alpha value is -0.890. The van der Waals surface area contributed by atoms with Crippen LogP contribution in [0.2, 0.25) is 0 Å². The third kappa shape index (κ3) is 3.22. The molecular formula is C13H17ClO6. The molecule has 112 valence electrons. The van der Waals surface area contributed by atoms with E-state index in [1.165, 1.54) is 0 Å². The number of aliphatic hydroxyl groups excluding tert-OH is 4. The molecule has 1 heterocycles. The van der Waals surface area contributed by atoms with Gasteiger partial charge in [0.25, 0.3) is 0 Å². The Balaban J connectivity index is 2.06. The molecule has 0 aliphatic carbocycles. The van der Waals surface area contributed by atoms with Gasteiger partial charge < -0.3 is 29.9 Å². The van der Waals surface area contributed by atoms with Gasteiger partial charge in [-0.05, 0) is 17.7 Å². The number of rotatable bonds is 4. The average Bonchev–Trinajstić information content (AvgIpc) is 2.48. The molecular weight excluding hydrogens is 288 g/mol. The van der Waals surface area contributed by atoms with Gasteiger partial charge in [0.2, 0.25) is 6.29 Å². The van der Waals surface area contributed by atoms with Crippen molar-refractivity contribution in [2.45, 2.75) is 36.6 Å². The highest BCUT2D eigenvalue weighted by atomic mass is 35.5. The predicted octanol–water partition coefficient (Wildman–Crippen LogP) is -0.396. The number of alkyl halides is 1. The number of hydrogen-bond acceptors (Lipinski definition) is 6. The molecule has 1 saturated heterocycles. The fourth-order valence-corrected chi connectivity index (χ4v) is 2.13. The van der Waals surface area contributed by atoms with Crippen molar-refractivity contribution in [3.05, 3.63) is 29.8 Å². The lowest BCUT2D eigenvalue weighted by Crippen LogP contribution is -2.60. The third-order valence-electron chi connectivity index (χ3n) is 3.18. The highest BCUT2D eigenvalue weighted by molar-refractivity contribution is 6.17. The maximum atomic E-state index is 9.82. The van der Waals surface area contributed by atoms with Crippen molar-refractivity contribution in [1.29, 1.82) is 0 Å². The molecule has 4 N–H and O–H groups in total. The normalized spacial score (nSPS) is 34.0. The third-order valence-corrected chi connectivity index (χ3v) is 3.49. The molecule has 2 rings (SSSR count). The second-order valence-electron chi connectivity index (χ2n) is 4.59. The fourth-order valence-electron chi connectivity index (χ4n) is 1.96. The number of benzene rings is 1. The summed E-state index contributed by atoms with van der Waals surface area (Å²) in [7, 11) is 0. The molecule has 7 heteroatoms. The largest absolute Gasteiger partial charge is 0.462 e. The van der Waals surface area contributed by atoms with Crippen LogP contribution in [0, 0.1) is 0 Å². The molecule has 1 aliphatic heterocycles. The van der Waals surface area contributed by atoms with E-state index in [2.05, 4.69) is 0 Å². The van der Waals surface area contributed by atoms with Crippen molar-refractivity contribution in [2.75, 3.05) is 6.61 Å². The van der Waals surface area contributed by atoms with Crippen LogP contribution in [0.1, 0.15) is 5.56 Å². The summed E-state index contributed by atoms with van der Waals surface area (Å²) in [5.74, 6) is 0.795. The zero-order valence-corrected chi connectivity index (χ0v) is 11.3. The van der Waals surface area contributed by atoms with E-state index in [-0.39, 0.29) is 0 Å². The Morgan fingerprint density at radius 3 is 2.25 bits per heavy atom. The smallest absolute Gasteiger partial charge is 0.229 e. The highest BCUT2D eigenvalue weighted by Gasteiger charge is 2.44. The van der Waals surface area contributed by atoms with Gasteiger partial charge in [0, 0.05) is 5.88 Å². The van der Waals surface area contributed by atoms with E-state index in [9.17, 15) is 15.3 Å². The topological polar surface area (TPSA) is 99.4 Å². The molecule has 0 amide bonds. The summed E-state index contributed by atoms with van der Waals surface area (Å²) in [4.78, 5) is 0. The molecule has 1 aromatic rings. The molecule has 0 aromatic heterocycles. The van der Waals surface area contributed by atoms with E-state index in [0.717, 1.165) is 5.56 Å². The first kappa shape index (κ1) is 15.5. The van der Waals surface area contributed by atoms with Crippen LogP contribution >= 0.6 is 11.6 Å². The van der Waals surface area contributed by atoms with Crippen molar-refractivity contribution in [2.24, 2.45) is 0 Å². The van der Waals surface area contributed by atoms with Crippen LogP contribution in [0.5, 0.6) is 5.75 Å². The maximum absolute atomic E-state index is 9.82. The second-order valence-corrected chi connectivity index (χ2v) is 4.86. The molecule has 1 aromatic carbocycles. The van der Waals surface area contributed by atoms with Crippen LogP contribution in [-0.4, -0.2) is 57.7 Å². The predicted molar refractivity (Wildman–Crippen MR) is 70.4 cm³/mol. The minimum Gasteiger partial charge on any atom is -0.462 e. The number of hydrogen-bond donors (Lipinski definition) is 4. The Kier molecular flexibility index (Phi) is 5.20. The molecule has 20 heavy (non-hydrogen) atoms. The summed E-state index contributed by atoms with van der Waals surface area (Å²) in [6.07, 6.45) is -6.42. The van der Waals surface area contributed by atoms with E-state index < -0.39 is 37.3 Å². The number of halogens is 1. The van der Waals surface area contributed by atoms with Crippen molar-refractivity contribution in [3.8, 4) is 5.75 Å². The monoisotopic (exact) mass is 304 g/mol. The first-order chi connectivity index (χ1) is 9.56. The van der Waals surface area contributed by atoms with Crippen LogP contribution < -0.4 is 4.74 Å². The van der Waals surface area contributed by atoms with E-state index in [4.69, 9.17) is 26.2 Å². The quantitative estimate of drug-likeness (QED) is 0.565. The van der Waals surface area contributed by atoms with E-state index in [0.29, 0.717) is 11.6 Å². The summed E-state index contributed by atoms with van der Waals surface area (Å²) >= 11 is 5.67. The molecule has 0 bridgehead atoms. The summed E-state index contributed by atoms with van der Waals surface area (Å²) in [5, 5.41) is 38.2. The van der Waals surface area contributed by atoms with Gasteiger partial charge >= 0.3 is 0 Å². The molecule has 1 aliphatic rings. The van der Waals surface area contributed by atoms with Crippen molar-refractivity contribution in [3.63, 3.8) is 0 Å². The van der Waals surface area contributed by atoms with Crippen LogP contribution in [-0.2, 0) is 10.6 Å². The van der Waals surface area contributed by atoms with Gasteiger partial charge in [0.05, 0.1) is 6.61 Å². The fraction of sp³-hybridized carbons (Fsp3) is 0.538. The first-order valence-corrected chi connectivity index (χ1v) is 6.72. The van der Waals surface area contributed by atoms with Gasteiger partial charge in [0.1, 0.15) is 30.2 Å². The summed E-state index contributed by atoms with van der Waals surface area (Å²) in [5.41, 5.74) is 0.910. The second kappa shape index (κ2) is 6.71. The van der Waals surface area contributed by atoms with Crippen LogP contribution in [0.3, 0.4) is 0 Å². The van der Waals surface area contributed by atoms with Gasteiger partial charge in [-0.2, -0.15) is 0 Å². The standard InChI is InChI=1S/C13H17ClO6/c14-5-7-1-3-8(4-2-7)19-13-12(18)11(17)10(16)9(6-15)20-13/h1-4,9-13,15-18H,5-6H2/t9-,10+,11+,12-,13-/m1/s1. The lowest BCUT2D eigenvalue weighted by Gasteiger charge is -2.39. The van der Waals surface area contributed by atoms with Gasteiger partial charge in [-0.1, -0.05) is 12.1 Å². The lowest BCUT2D eigenvalue weighted by atomic mass is 9.99. The summed E-state index contributed by atoms with van der Waals surface area (Å²) < 4.78 is 10.7.